The Morgan fingerprint density at radius 2 is 2.35 bits per heavy atom. The number of thiocarbonyl (C=S) groups is 1. The van der Waals surface area contributed by atoms with E-state index in [0.29, 0.717) is 24.7 Å². The molecule has 0 saturated carbocycles. The van der Waals surface area contributed by atoms with Crippen molar-refractivity contribution in [1.29, 1.82) is 0 Å². The largest absolute Gasteiger partial charge is 0.467 e. The maximum Gasteiger partial charge on any atom is 0.336 e. The first-order valence-electron chi connectivity index (χ1n) is 6.24. The molecule has 0 aromatic carbocycles. The van der Waals surface area contributed by atoms with Crippen molar-refractivity contribution in [2.75, 3.05) is 31.7 Å². The molecule has 2 N–H and O–H groups in total. The molecule has 2 rings (SSSR count). The highest BCUT2D eigenvalue weighted by atomic mass is 32.1. The second-order valence-electron chi connectivity index (χ2n) is 4.55. The van der Waals surface area contributed by atoms with Crippen LogP contribution in [0.2, 0.25) is 0 Å². The van der Waals surface area contributed by atoms with Gasteiger partial charge in [-0.3, -0.25) is 0 Å². The van der Waals surface area contributed by atoms with Crippen LogP contribution in [0.5, 0.6) is 0 Å². The lowest BCUT2D eigenvalue weighted by Gasteiger charge is -2.32. The lowest BCUT2D eigenvalue weighted by molar-refractivity contribution is -0.154. The van der Waals surface area contributed by atoms with Crippen LogP contribution in [0.4, 0.5) is 5.82 Å². The third kappa shape index (κ3) is 3.23. The maximum absolute atomic E-state index is 11.6. The average molecular weight is 295 g/mol. The highest BCUT2D eigenvalue weighted by molar-refractivity contribution is 7.80. The van der Waals surface area contributed by atoms with E-state index in [1.807, 2.05) is 24.0 Å². The highest BCUT2D eigenvalue weighted by Gasteiger charge is 2.28. The standard InChI is InChI=1S/C13H17N3O3S/c1-8-5-9(12(14)20)6-11(15-8)16-3-4-19-10(7-16)13(17)18-2/h5-6,10H,3-4,7H2,1-2H3,(H2,14,20). The molecule has 1 fully saturated rings. The average Bonchev–Trinajstić information content (AvgIpc) is 2.45. The van der Waals surface area contributed by atoms with Crippen molar-refractivity contribution in [2.45, 2.75) is 13.0 Å². The van der Waals surface area contributed by atoms with Crippen molar-refractivity contribution in [1.82, 2.24) is 4.98 Å². The summed E-state index contributed by atoms with van der Waals surface area (Å²) in [5, 5.41) is 0. The van der Waals surface area contributed by atoms with Gasteiger partial charge in [0.05, 0.1) is 20.3 Å². The smallest absolute Gasteiger partial charge is 0.336 e. The molecule has 0 amide bonds. The predicted molar refractivity (Wildman–Crippen MR) is 78.8 cm³/mol. The van der Waals surface area contributed by atoms with Crippen LogP contribution in [0.3, 0.4) is 0 Å². The molecule has 0 bridgehead atoms. The van der Waals surface area contributed by atoms with Crippen LogP contribution in [0, 0.1) is 6.92 Å². The lowest BCUT2D eigenvalue weighted by atomic mass is 10.2. The van der Waals surface area contributed by atoms with Gasteiger partial charge in [-0.05, 0) is 19.1 Å². The van der Waals surface area contributed by atoms with Gasteiger partial charge in [0.1, 0.15) is 10.8 Å². The van der Waals surface area contributed by atoms with Crippen molar-refractivity contribution >= 4 is 29.0 Å². The summed E-state index contributed by atoms with van der Waals surface area (Å²) in [5.41, 5.74) is 7.26. The van der Waals surface area contributed by atoms with E-state index in [9.17, 15) is 4.79 Å². The molecule has 20 heavy (non-hydrogen) atoms. The zero-order valence-corrected chi connectivity index (χ0v) is 12.3. The number of methoxy groups -OCH3 is 1. The molecule has 108 valence electrons. The second kappa shape index (κ2) is 6.15. The molecule has 0 aliphatic carbocycles. The zero-order valence-electron chi connectivity index (χ0n) is 11.5. The number of nitrogens with two attached hydrogens (primary N) is 1. The molecule has 1 unspecified atom stereocenters. The van der Waals surface area contributed by atoms with Gasteiger partial charge in [-0.15, -0.1) is 0 Å². The summed E-state index contributed by atoms with van der Waals surface area (Å²) < 4.78 is 10.1. The molecule has 1 aromatic rings. The molecule has 1 atom stereocenters. The number of carbonyl (C=O) groups excluding carboxylic acids is 1. The summed E-state index contributed by atoms with van der Waals surface area (Å²) in [6.45, 7) is 3.38. The number of pyridine rings is 1. The number of rotatable bonds is 3. The molecule has 1 aromatic heterocycles. The van der Waals surface area contributed by atoms with Crippen LogP contribution >= 0.6 is 12.2 Å². The topological polar surface area (TPSA) is 77.7 Å². The van der Waals surface area contributed by atoms with E-state index in [2.05, 4.69) is 4.98 Å². The van der Waals surface area contributed by atoms with Crippen molar-refractivity contribution in [3.8, 4) is 0 Å². The predicted octanol–water partition coefficient (Wildman–Crippen LogP) is 0.402. The normalized spacial score (nSPS) is 18.7. The molecule has 1 aliphatic rings. The van der Waals surface area contributed by atoms with Crippen molar-refractivity contribution < 1.29 is 14.3 Å². The Bertz CT molecular complexity index is 536. The first-order chi connectivity index (χ1) is 9.51. The van der Waals surface area contributed by atoms with Crippen LogP contribution in [0.15, 0.2) is 12.1 Å². The number of nitrogens with zero attached hydrogens (tertiary/aromatic N) is 2. The monoisotopic (exact) mass is 295 g/mol. The fourth-order valence-corrected chi connectivity index (χ4v) is 2.20. The summed E-state index contributed by atoms with van der Waals surface area (Å²) in [7, 11) is 1.35. The number of aryl methyl sites for hydroxylation is 1. The molecule has 7 heteroatoms. The van der Waals surface area contributed by atoms with Crippen LogP contribution < -0.4 is 10.6 Å². The minimum Gasteiger partial charge on any atom is -0.467 e. The molecular weight excluding hydrogens is 278 g/mol. The molecule has 0 spiro atoms. The van der Waals surface area contributed by atoms with E-state index in [0.717, 1.165) is 17.1 Å². The fraction of sp³-hybridized carbons (Fsp3) is 0.462. The second-order valence-corrected chi connectivity index (χ2v) is 4.99. The van der Waals surface area contributed by atoms with E-state index >= 15 is 0 Å². The van der Waals surface area contributed by atoms with E-state index in [1.54, 1.807) is 0 Å². The van der Waals surface area contributed by atoms with Gasteiger partial charge >= 0.3 is 5.97 Å². The number of aromatic nitrogens is 1. The Morgan fingerprint density at radius 3 is 3.00 bits per heavy atom. The van der Waals surface area contributed by atoms with Crippen LogP contribution in [-0.2, 0) is 14.3 Å². The highest BCUT2D eigenvalue weighted by Crippen LogP contribution is 2.18. The number of hydrogen-bond acceptors (Lipinski definition) is 6. The Hall–Kier alpha value is -1.73. The Morgan fingerprint density at radius 1 is 1.60 bits per heavy atom. The summed E-state index contributed by atoms with van der Waals surface area (Å²) in [4.78, 5) is 18.3. The quantitative estimate of drug-likeness (QED) is 0.639. The summed E-state index contributed by atoms with van der Waals surface area (Å²) in [6.07, 6.45) is -0.593. The van der Waals surface area contributed by atoms with Gasteiger partial charge in [-0.1, -0.05) is 12.2 Å². The van der Waals surface area contributed by atoms with Gasteiger partial charge in [-0.25, -0.2) is 9.78 Å². The van der Waals surface area contributed by atoms with Crippen molar-refractivity contribution in [2.24, 2.45) is 5.73 Å². The van der Waals surface area contributed by atoms with Gasteiger partial charge in [0.15, 0.2) is 6.10 Å². The summed E-state index contributed by atoms with van der Waals surface area (Å²) in [6, 6.07) is 3.67. The molecular formula is C13H17N3O3S. The molecule has 6 nitrogen and oxygen atoms in total. The van der Waals surface area contributed by atoms with Crippen LogP contribution in [0.1, 0.15) is 11.3 Å². The lowest BCUT2D eigenvalue weighted by Crippen LogP contribution is -2.47. The number of hydrogen-bond donors (Lipinski definition) is 1. The number of carbonyl (C=O) groups is 1. The number of esters is 1. The molecule has 1 saturated heterocycles. The Labute approximate surface area is 122 Å². The maximum atomic E-state index is 11.6. The number of anilines is 1. The SMILES string of the molecule is COC(=O)C1CN(c2cc(C(N)=S)cc(C)n2)CCO1. The van der Waals surface area contributed by atoms with E-state index in [-0.39, 0.29) is 5.97 Å². The minimum absolute atomic E-state index is 0.328. The first-order valence-corrected chi connectivity index (χ1v) is 6.65. The third-order valence-corrected chi connectivity index (χ3v) is 3.31. The van der Waals surface area contributed by atoms with E-state index in [4.69, 9.17) is 27.4 Å². The van der Waals surface area contributed by atoms with E-state index in [1.165, 1.54) is 7.11 Å². The number of ether oxygens (including phenoxy) is 2. The van der Waals surface area contributed by atoms with Gasteiger partial charge in [0.2, 0.25) is 0 Å². The van der Waals surface area contributed by atoms with Gasteiger partial charge in [0, 0.05) is 17.8 Å². The van der Waals surface area contributed by atoms with Crippen LogP contribution in [-0.4, -0.2) is 48.9 Å². The molecule has 2 heterocycles. The van der Waals surface area contributed by atoms with E-state index < -0.39 is 6.10 Å². The van der Waals surface area contributed by atoms with Crippen molar-refractivity contribution in [3.05, 3.63) is 23.4 Å². The number of morpholine rings is 1. The molecule has 0 radical (unpaired) electrons. The fourth-order valence-electron chi connectivity index (χ4n) is 2.09. The van der Waals surface area contributed by atoms with Gasteiger partial charge < -0.3 is 20.1 Å². The van der Waals surface area contributed by atoms with Gasteiger partial charge in [0.25, 0.3) is 0 Å². The third-order valence-electron chi connectivity index (χ3n) is 3.08. The minimum atomic E-state index is -0.593. The first kappa shape index (κ1) is 14.7. The zero-order chi connectivity index (χ0) is 14.7. The molecule has 1 aliphatic heterocycles. The van der Waals surface area contributed by atoms with Crippen LogP contribution in [0.25, 0.3) is 0 Å². The summed E-state index contributed by atoms with van der Waals surface area (Å²) >= 11 is 5.00. The van der Waals surface area contributed by atoms with Crippen molar-refractivity contribution in [3.63, 3.8) is 0 Å². The Kier molecular flexibility index (Phi) is 4.51. The summed E-state index contributed by atoms with van der Waals surface area (Å²) in [5.74, 6) is 0.363. The van der Waals surface area contributed by atoms with Gasteiger partial charge in [-0.2, -0.15) is 0 Å². The Balaban J connectivity index is 2.22.